The fourth-order valence-electron chi connectivity index (χ4n) is 3.43. The summed E-state index contributed by atoms with van der Waals surface area (Å²) in [5, 5.41) is 3.35. The minimum atomic E-state index is -0.0315. The Labute approximate surface area is 190 Å². The summed E-state index contributed by atoms with van der Waals surface area (Å²) in [6.45, 7) is 8.23. The lowest BCUT2D eigenvalue weighted by Crippen LogP contribution is -2.38. The van der Waals surface area contributed by atoms with E-state index in [9.17, 15) is 4.79 Å². The van der Waals surface area contributed by atoms with Gasteiger partial charge in [0.05, 0.1) is 32.6 Å². The third kappa shape index (κ3) is 6.62. The third-order valence-electron chi connectivity index (χ3n) is 5.12. The lowest BCUT2D eigenvalue weighted by molar-refractivity contribution is -0.131. The van der Waals surface area contributed by atoms with Gasteiger partial charge in [-0.2, -0.15) is 0 Å². The first kappa shape index (κ1) is 23.4. The van der Waals surface area contributed by atoms with E-state index in [2.05, 4.69) is 5.32 Å². The third-order valence-corrected chi connectivity index (χ3v) is 5.12. The van der Waals surface area contributed by atoms with Crippen molar-refractivity contribution in [3.05, 3.63) is 83.8 Å². The van der Waals surface area contributed by atoms with Gasteiger partial charge in [-0.1, -0.05) is 36.4 Å². The Balaban J connectivity index is 1.66. The molecule has 1 heterocycles. The van der Waals surface area contributed by atoms with Crippen molar-refractivity contribution in [2.24, 2.45) is 0 Å². The van der Waals surface area contributed by atoms with Crippen LogP contribution in [0.5, 0.6) is 11.5 Å². The van der Waals surface area contributed by atoms with Crippen LogP contribution in [0.25, 0.3) is 0 Å². The van der Waals surface area contributed by atoms with Crippen molar-refractivity contribution in [3.8, 4) is 11.5 Å². The topological polar surface area (TPSA) is 63.9 Å². The van der Waals surface area contributed by atoms with E-state index >= 15 is 0 Å². The number of nitrogens with one attached hydrogen (secondary N) is 1. The Morgan fingerprint density at radius 3 is 2.41 bits per heavy atom. The molecule has 3 aromatic rings. The Morgan fingerprint density at radius 2 is 1.72 bits per heavy atom. The van der Waals surface area contributed by atoms with Crippen LogP contribution in [0.15, 0.2) is 71.3 Å². The molecular weight excluding hydrogens is 404 g/mol. The largest absolute Gasteiger partial charge is 0.490 e. The van der Waals surface area contributed by atoms with Crippen molar-refractivity contribution in [3.63, 3.8) is 0 Å². The molecule has 0 bridgehead atoms. The van der Waals surface area contributed by atoms with Gasteiger partial charge < -0.3 is 24.1 Å². The van der Waals surface area contributed by atoms with E-state index in [1.807, 2.05) is 81.4 Å². The molecule has 6 nitrogen and oxygen atoms in total. The molecule has 0 saturated carbocycles. The molecule has 1 aromatic heterocycles. The molecule has 1 N–H and O–H groups in total. The molecule has 170 valence electrons. The summed E-state index contributed by atoms with van der Waals surface area (Å²) in [6, 6.07) is 19.6. The zero-order valence-corrected chi connectivity index (χ0v) is 19.0. The lowest BCUT2D eigenvalue weighted by atomic mass is 10.1. The first-order valence-electron chi connectivity index (χ1n) is 11.1. The average Bonchev–Trinajstić information content (AvgIpc) is 3.32. The second-order valence-corrected chi connectivity index (χ2v) is 7.49. The van der Waals surface area contributed by atoms with Crippen molar-refractivity contribution in [1.29, 1.82) is 0 Å². The fourth-order valence-corrected chi connectivity index (χ4v) is 3.43. The van der Waals surface area contributed by atoms with E-state index in [-0.39, 0.29) is 18.5 Å². The summed E-state index contributed by atoms with van der Waals surface area (Å²) in [5.74, 6) is 2.22. The highest BCUT2D eigenvalue weighted by molar-refractivity contribution is 5.78. The van der Waals surface area contributed by atoms with Gasteiger partial charge in [0.2, 0.25) is 5.91 Å². The summed E-state index contributed by atoms with van der Waals surface area (Å²) >= 11 is 0. The minimum absolute atomic E-state index is 0.00747. The van der Waals surface area contributed by atoms with Gasteiger partial charge in [0.25, 0.3) is 0 Å². The number of carbonyl (C=O) groups is 1. The van der Waals surface area contributed by atoms with Gasteiger partial charge >= 0.3 is 0 Å². The van der Waals surface area contributed by atoms with Crippen molar-refractivity contribution in [2.75, 3.05) is 19.8 Å². The summed E-state index contributed by atoms with van der Waals surface area (Å²) in [4.78, 5) is 14.9. The van der Waals surface area contributed by atoms with E-state index in [0.717, 1.165) is 28.4 Å². The monoisotopic (exact) mass is 436 g/mol. The number of hydrogen-bond acceptors (Lipinski definition) is 5. The summed E-state index contributed by atoms with van der Waals surface area (Å²) in [5.41, 5.74) is 2.11. The van der Waals surface area contributed by atoms with Gasteiger partial charge in [-0.25, -0.2) is 0 Å². The van der Waals surface area contributed by atoms with Crippen LogP contribution >= 0.6 is 0 Å². The van der Waals surface area contributed by atoms with Crippen LogP contribution in [-0.4, -0.2) is 30.6 Å². The second-order valence-electron chi connectivity index (χ2n) is 7.49. The maximum absolute atomic E-state index is 13.1. The number of furan rings is 1. The SMILES string of the molecule is CCOc1ccc([C@H](C)NCC(=O)N(Cc2ccccc2)Cc2ccco2)cc1OCC. The van der Waals surface area contributed by atoms with Crippen LogP contribution in [-0.2, 0) is 17.9 Å². The molecule has 0 aliphatic rings. The molecular formula is C26H32N2O4. The summed E-state index contributed by atoms with van der Waals surface area (Å²) < 4.78 is 16.9. The minimum Gasteiger partial charge on any atom is -0.490 e. The van der Waals surface area contributed by atoms with Crippen molar-refractivity contribution in [2.45, 2.75) is 39.9 Å². The molecule has 0 unspecified atom stereocenters. The molecule has 32 heavy (non-hydrogen) atoms. The van der Waals surface area contributed by atoms with E-state index in [1.54, 1.807) is 11.2 Å². The van der Waals surface area contributed by atoms with E-state index in [1.165, 1.54) is 0 Å². The number of hydrogen-bond donors (Lipinski definition) is 1. The zero-order chi connectivity index (χ0) is 22.8. The van der Waals surface area contributed by atoms with Crippen molar-refractivity contribution >= 4 is 5.91 Å². The number of carbonyl (C=O) groups excluding carboxylic acids is 1. The Bertz CT molecular complexity index is 957. The second kappa shape index (κ2) is 12.0. The Morgan fingerprint density at radius 1 is 0.969 bits per heavy atom. The van der Waals surface area contributed by atoms with Gasteiger partial charge in [0.1, 0.15) is 5.76 Å². The number of rotatable bonds is 12. The molecule has 1 atom stereocenters. The smallest absolute Gasteiger partial charge is 0.237 e. The first-order valence-corrected chi connectivity index (χ1v) is 11.1. The summed E-state index contributed by atoms with van der Waals surface area (Å²) in [7, 11) is 0. The van der Waals surface area contributed by atoms with Crippen LogP contribution in [0.1, 0.15) is 43.7 Å². The van der Waals surface area contributed by atoms with E-state index < -0.39 is 0 Å². The molecule has 2 aromatic carbocycles. The molecule has 0 saturated heterocycles. The zero-order valence-electron chi connectivity index (χ0n) is 19.0. The molecule has 0 aliphatic heterocycles. The quantitative estimate of drug-likeness (QED) is 0.435. The molecule has 1 amide bonds. The number of amides is 1. The number of benzene rings is 2. The van der Waals surface area contributed by atoms with Crippen LogP contribution in [0.2, 0.25) is 0 Å². The Hall–Kier alpha value is -3.25. The molecule has 0 fully saturated rings. The highest BCUT2D eigenvalue weighted by Crippen LogP contribution is 2.30. The van der Waals surface area contributed by atoms with Gasteiger partial charge in [0.15, 0.2) is 11.5 Å². The predicted octanol–water partition coefficient (Wildman–Crippen LogP) is 4.96. The van der Waals surface area contributed by atoms with Crippen molar-refractivity contribution in [1.82, 2.24) is 10.2 Å². The van der Waals surface area contributed by atoms with Crippen LogP contribution < -0.4 is 14.8 Å². The highest BCUT2D eigenvalue weighted by Gasteiger charge is 2.18. The maximum atomic E-state index is 13.1. The molecule has 0 radical (unpaired) electrons. The summed E-state index contributed by atoms with van der Waals surface area (Å²) in [6.07, 6.45) is 1.63. The molecule has 3 rings (SSSR count). The normalized spacial score (nSPS) is 11.7. The van der Waals surface area contributed by atoms with Gasteiger partial charge in [-0.05, 0) is 56.2 Å². The van der Waals surface area contributed by atoms with Gasteiger partial charge in [0, 0.05) is 12.6 Å². The van der Waals surface area contributed by atoms with Gasteiger partial charge in [-0.15, -0.1) is 0 Å². The molecule has 6 heteroatoms. The lowest BCUT2D eigenvalue weighted by Gasteiger charge is -2.24. The van der Waals surface area contributed by atoms with Crippen LogP contribution in [0, 0.1) is 0 Å². The molecule has 0 spiro atoms. The van der Waals surface area contributed by atoms with Crippen molar-refractivity contribution < 1.29 is 18.7 Å². The van der Waals surface area contributed by atoms with E-state index in [4.69, 9.17) is 13.9 Å². The number of ether oxygens (including phenoxy) is 2. The van der Waals surface area contributed by atoms with Gasteiger partial charge in [-0.3, -0.25) is 4.79 Å². The average molecular weight is 437 g/mol. The highest BCUT2D eigenvalue weighted by atomic mass is 16.5. The van der Waals surface area contributed by atoms with Crippen LogP contribution in [0.3, 0.4) is 0 Å². The van der Waals surface area contributed by atoms with E-state index in [0.29, 0.717) is 26.3 Å². The first-order chi connectivity index (χ1) is 15.6. The predicted molar refractivity (Wildman–Crippen MR) is 125 cm³/mol. The number of nitrogens with zero attached hydrogens (tertiary/aromatic N) is 1. The molecule has 0 aliphatic carbocycles. The van der Waals surface area contributed by atoms with Crippen LogP contribution in [0.4, 0.5) is 0 Å². The fraction of sp³-hybridized carbons (Fsp3) is 0.346. The maximum Gasteiger partial charge on any atom is 0.237 e. The standard InChI is InChI=1S/C26H32N2O4/c1-4-30-24-14-13-22(16-25(24)31-5-2)20(3)27-17-26(29)28(19-23-12-9-15-32-23)18-21-10-7-6-8-11-21/h6-16,20,27H,4-5,17-19H2,1-3H3/t20-/m0/s1. The Kier molecular flexibility index (Phi) is 8.75.